The first-order valence-corrected chi connectivity index (χ1v) is 5.14. The molecule has 1 fully saturated rings. The first kappa shape index (κ1) is 9.36. The summed E-state index contributed by atoms with van der Waals surface area (Å²) in [6, 6.07) is 13.1. The van der Waals surface area contributed by atoms with E-state index in [9.17, 15) is 4.79 Å². The molecule has 3 rings (SSSR count). The molecule has 1 aromatic carbocycles. The fraction of sp³-hybridized carbons (Fsp3) is 0.154. The van der Waals surface area contributed by atoms with E-state index in [-0.39, 0.29) is 18.0 Å². The maximum absolute atomic E-state index is 11.8. The van der Waals surface area contributed by atoms with Gasteiger partial charge in [-0.2, -0.15) is 0 Å². The van der Waals surface area contributed by atoms with Crippen LogP contribution in [-0.2, 0) is 4.74 Å². The van der Waals surface area contributed by atoms with Gasteiger partial charge in [-0.3, -0.25) is 4.79 Å². The van der Waals surface area contributed by atoms with Crippen LogP contribution in [0.1, 0.15) is 22.2 Å². The Labute approximate surface area is 92.6 Å². The molecule has 0 bridgehead atoms. The van der Waals surface area contributed by atoms with E-state index in [0.717, 1.165) is 5.56 Å². The molecule has 16 heavy (non-hydrogen) atoms. The van der Waals surface area contributed by atoms with Crippen molar-refractivity contribution in [2.75, 3.05) is 0 Å². The molecule has 80 valence electrons. The van der Waals surface area contributed by atoms with Crippen LogP contribution in [0.3, 0.4) is 0 Å². The first-order valence-electron chi connectivity index (χ1n) is 5.14. The number of hydrogen-bond acceptors (Lipinski definition) is 3. The Morgan fingerprint density at radius 3 is 2.56 bits per heavy atom. The van der Waals surface area contributed by atoms with Crippen molar-refractivity contribution in [2.45, 2.75) is 12.2 Å². The molecule has 0 saturated carbocycles. The summed E-state index contributed by atoms with van der Waals surface area (Å²) in [5.41, 5.74) is 1.03. The van der Waals surface area contributed by atoms with E-state index in [1.807, 2.05) is 30.3 Å². The quantitative estimate of drug-likeness (QED) is 0.582. The molecule has 2 heterocycles. The van der Waals surface area contributed by atoms with Crippen LogP contribution in [0.5, 0.6) is 0 Å². The highest BCUT2D eigenvalue weighted by Gasteiger charge is 2.47. The lowest BCUT2D eigenvalue weighted by molar-refractivity contribution is 0.0926. The lowest BCUT2D eigenvalue weighted by atomic mass is 10.1. The van der Waals surface area contributed by atoms with E-state index >= 15 is 0 Å². The summed E-state index contributed by atoms with van der Waals surface area (Å²) >= 11 is 0. The Bertz CT molecular complexity index is 487. The second kappa shape index (κ2) is 3.61. The van der Waals surface area contributed by atoms with Crippen LogP contribution in [0, 0.1) is 0 Å². The molecular formula is C13H10O3. The molecule has 1 aliphatic rings. The van der Waals surface area contributed by atoms with E-state index < -0.39 is 0 Å². The van der Waals surface area contributed by atoms with Crippen molar-refractivity contribution in [2.24, 2.45) is 0 Å². The highest BCUT2D eigenvalue weighted by atomic mass is 16.6. The smallest absolute Gasteiger partial charge is 0.229 e. The zero-order chi connectivity index (χ0) is 11.0. The Balaban J connectivity index is 1.75. The van der Waals surface area contributed by atoms with Gasteiger partial charge in [0.05, 0.1) is 6.26 Å². The third-order valence-corrected chi connectivity index (χ3v) is 2.64. The molecule has 3 nitrogen and oxygen atoms in total. The molecule has 0 radical (unpaired) electrons. The maximum Gasteiger partial charge on any atom is 0.229 e. The third kappa shape index (κ3) is 1.55. The Hall–Kier alpha value is -1.87. The lowest BCUT2D eigenvalue weighted by Gasteiger charge is -1.93. The van der Waals surface area contributed by atoms with Crippen molar-refractivity contribution in [3.8, 4) is 0 Å². The van der Waals surface area contributed by atoms with Gasteiger partial charge in [0, 0.05) is 0 Å². The molecule has 1 saturated heterocycles. The van der Waals surface area contributed by atoms with E-state index in [2.05, 4.69) is 0 Å². The van der Waals surface area contributed by atoms with Crippen molar-refractivity contribution in [3.63, 3.8) is 0 Å². The van der Waals surface area contributed by atoms with Gasteiger partial charge < -0.3 is 9.15 Å². The second-order valence-electron chi connectivity index (χ2n) is 3.73. The second-order valence-corrected chi connectivity index (χ2v) is 3.73. The number of hydrogen-bond donors (Lipinski definition) is 0. The van der Waals surface area contributed by atoms with Crippen LogP contribution in [0.4, 0.5) is 0 Å². The summed E-state index contributed by atoms with van der Waals surface area (Å²) < 4.78 is 10.4. The highest BCUT2D eigenvalue weighted by Crippen LogP contribution is 2.40. The average Bonchev–Trinajstić information content (AvgIpc) is 2.95. The largest absolute Gasteiger partial charge is 0.461 e. The zero-order valence-electron chi connectivity index (χ0n) is 8.50. The van der Waals surface area contributed by atoms with E-state index in [4.69, 9.17) is 9.15 Å². The van der Waals surface area contributed by atoms with Crippen molar-refractivity contribution < 1.29 is 13.9 Å². The van der Waals surface area contributed by atoms with Crippen molar-refractivity contribution in [1.82, 2.24) is 0 Å². The average molecular weight is 214 g/mol. The van der Waals surface area contributed by atoms with Gasteiger partial charge in [0.25, 0.3) is 0 Å². The number of carbonyl (C=O) groups excluding carboxylic acids is 1. The van der Waals surface area contributed by atoms with E-state index in [0.29, 0.717) is 5.76 Å². The third-order valence-electron chi connectivity index (χ3n) is 2.64. The van der Waals surface area contributed by atoms with Gasteiger partial charge in [0.1, 0.15) is 6.10 Å². The molecule has 0 unspecified atom stereocenters. The zero-order valence-corrected chi connectivity index (χ0v) is 8.50. The summed E-state index contributed by atoms with van der Waals surface area (Å²) in [5, 5.41) is 0. The molecule has 0 aliphatic carbocycles. The number of Topliss-reactive ketones (excluding diaryl/α,β-unsaturated/α-hetero) is 1. The minimum atomic E-state index is -0.381. The topological polar surface area (TPSA) is 42.7 Å². The van der Waals surface area contributed by atoms with Crippen LogP contribution < -0.4 is 0 Å². The summed E-state index contributed by atoms with van der Waals surface area (Å²) in [6.45, 7) is 0. The molecule has 2 atom stereocenters. The molecule has 0 spiro atoms. The molecule has 3 heteroatoms. The number of furan rings is 1. The summed E-state index contributed by atoms with van der Waals surface area (Å²) in [4.78, 5) is 11.8. The first-order chi connectivity index (χ1) is 7.86. The number of ketones is 1. The van der Waals surface area contributed by atoms with Gasteiger partial charge in [-0.1, -0.05) is 30.3 Å². The fourth-order valence-electron chi connectivity index (χ4n) is 1.77. The minimum Gasteiger partial charge on any atom is -0.461 e. The predicted molar refractivity (Wildman–Crippen MR) is 57.1 cm³/mol. The van der Waals surface area contributed by atoms with Crippen LogP contribution in [-0.4, -0.2) is 11.9 Å². The Kier molecular flexibility index (Phi) is 2.11. The van der Waals surface area contributed by atoms with Crippen LogP contribution in [0.2, 0.25) is 0 Å². The molecule has 0 N–H and O–H groups in total. The lowest BCUT2D eigenvalue weighted by Crippen LogP contribution is -2.06. The van der Waals surface area contributed by atoms with Gasteiger partial charge in [0.15, 0.2) is 11.9 Å². The van der Waals surface area contributed by atoms with E-state index in [1.54, 1.807) is 12.1 Å². The van der Waals surface area contributed by atoms with E-state index in [1.165, 1.54) is 6.26 Å². The number of rotatable bonds is 3. The number of epoxide rings is 1. The van der Waals surface area contributed by atoms with Crippen LogP contribution in [0.25, 0.3) is 0 Å². The van der Waals surface area contributed by atoms with Gasteiger partial charge in [0.2, 0.25) is 5.78 Å². The Morgan fingerprint density at radius 2 is 1.88 bits per heavy atom. The maximum atomic E-state index is 11.8. The van der Waals surface area contributed by atoms with Gasteiger partial charge >= 0.3 is 0 Å². The predicted octanol–water partition coefficient (Wildman–Crippen LogP) is 2.60. The van der Waals surface area contributed by atoms with Gasteiger partial charge in [-0.15, -0.1) is 0 Å². The minimum absolute atomic E-state index is 0.0844. The van der Waals surface area contributed by atoms with Crippen LogP contribution >= 0.6 is 0 Å². The molecular weight excluding hydrogens is 204 g/mol. The van der Waals surface area contributed by atoms with Gasteiger partial charge in [-0.25, -0.2) is 0 Å². The molecule has 0 amide bonds. The number of ether oxygens (including phenoxy) is 1. The highest BCUT2D eigenvalue weighted by molar-refractivity contribution is 5.99. The fourth-order valence-corrected chi connectivity index (χ4v) is 1.77. The summed E-state index contributed by atoms with van der Waals surface area (Å²) in [6.07, 6.45) is 1.000. The molecule has 1 aliphatic heterocycles. The summed E-state index contributed by atoms with van der Waals surface area (Å²) in [7, 11) is 0. The van der Waals surface area contributed by atoms with Crippen molar-refractivity contribution in [3.05, 3.63) is 60.1 Å². The standard InChI is InChI=1S/C13H10O3/c14-11(10-7-4-8-15-10)13-12(16-13)9-5-2-1-3-6-9/h1-8,12-13H/t12-,13+/m1/s1. The van der Waals surface area contributed by atoms with Gasteiger partial charge in [-0.05, 0) is 17.7 Å². The van der Waals surface area contributed by atoms with Crippen molar-refractivity contribution in [1.29, 1.82) is 0 Å². The van der Waals surface area contributed by atoms with Crippen molar-refractivity contribution >= 4 is 5.78 Å². The number of carbonyl (C=O) groups is 1. The van der Waals surface area contributed by atoms with Crippen LogP contribution in [0.15, 0.2) is 53.1 Å². The monoisotopic (exact) mass is 214 g/mol. The molecule has 1 aromatic heterocycles. The molecule has 2 aromatic rings. The summed E-state index contributed by atoms with van der Waals surface area (Å²) in [5.74, 6) is 0.280. The SMILES string of the molecule is O=C(c1ccco1)[C@@H]1O[C@@H]1c1ccccc1. The Morgan fingerprint density at radius 1 is 1.06 bits per heavy atom. The number of benzene rings is 1. The normalized spacial score (nSPS) is 23.0.